The zero-order chi connectivity index (χ0) is 9.40. The topological polar surface area (TPSA) is 59.3 Å². The molecule has 1 heterocycles. The van der Waals surface area contributed by atoms with E-state index < -0.39 is 0 Å². The monoisotopic (exact) mass is 169 g/mol. The minimum absolute atomic E-state index is 0.0880. The van der Waals surface area contributed by atoms with Gasteiger partial charge in [0.15, 0.2) is 18.3 Å². The SMILES string of the molecule is CNC.O=Cc1ccoc1C=O. The Bertz CT molecular complexity index is 220. The second kappa shape index (κ2) is 6.30. The van der Waals surface area contributed by atoms with Crippen LogP contribution in [0.4, 0.5) is 0 Å². The van der Waals surface area contributed by atoms with Gasteiger partial charge in [-0.1, -0.05) is 0 Å². The molecule has 0 fully saturated rings. The Labute approximate surface area is 70.6 Å². The quantitative estimate of drug-likeness (QED) is 0.663. The normalized spacial score (nSPS) is 8.17. The van der Waals surface area contributed by atoms with Crippen molar-refractivity contribution in [3.63, 3.8) is 0 Å². The smallest absolute Gasteiger partial charge is 0.186 e. The minimum atomic E-state index is 0.0880. The highest BCUT2D eigenvalue weighted by atomic mass is 16.3. The molecule has 66 valence electrons. The van der Waals surface area contributed by atoms with E-state index in [0.717, 1.165) is 0 Å². The van der Waals surface area contributed by atoms with Gasteiger partial charge < -0.3 is 9.73 Å². The van der Waals surface area contributed by atoms with Crippen LogP contribution in [0.15, 0.2) is 16.7 Å². The van der Waals surface area contributed by atoms with Crippen LogP contribution >= 0.6 is 0 Å². The highest BCUT2D eigenvalue weighted by Crippen LogP contribution is 2.03. The summed E-state index contributed by atoms with van der Waals surface area (Å²) < 4.78 is 4.61. The summed E-state index contributed by atoms with van der Waals surface area (Å²) in [7, 11) is 3.75. The van der Waals surface area contributed by atoms with E-state index in [4.69, 9.17) is 0 Å². The number of aldehydes is 2. The van der Waals surface area contributed by atoms with Crippen LogP contribution in [0.1, 0.15) is 20.9 Å². The van der Waals surface area contributed by atoms with E-state index in [0.29, 0.717) is 18.1 Å². The molecule has 0 spiro atoms. The van der Waals surface area contributed by atoms with Gasteiger partial charge in [-0.3, -0.25) is 9.59 Å². The molecule has 1 aromatic rings. The molecular weight excluding hydrogens is 158 g/mol. The molecule has 0 aromatic carbocycles. The molecule has 4 heteroatoms. The molecule has 0 bridgehead atoms. The van der Waals surface area contributed by atoms with Crippen LogP contribution in [0.3, 0.4) is 0 Å². The second-order valence-electron chi connectivity index (χ2n) is 1.98. The maximum Gasteiger partial charge on any atom is 0.186 e. The van der Waals surface area contributed by atoms with Crippen molar-refractivity contribution in [3.8, 4) is 0 Å². The van der Waals surface area contributed by atoms with Crippen molar-refractivity contribution in [1.29, 1.82) is 0 Å². The molecule has 0 aliphatic heterocycles. The first kappa shape index (κ1) is 10.6. The molecule has 0 aliphatic rings. The molecule has 4 nitrogen and oxygen atoms in total. The van der Waals surface area contributed by atoms with Crippen LogP contribution in [-0.2, 0) is 0 Å². The fraction of sp³-hybridized carbons (Fsp3) is 0.250. The van der Waals surface area contributed by atoms with Crippen molar-refractivity contribution in [3.05, 3.63) is 23.7 Å². The molecular formula is C8H11NO3. The number of rotatable bonds is 2. The molecule has 1 aromatic heterocycles. The van der Waals surface area contributed by atoms with E-state index in [2.05, 4.69) is 9.73 Å². The van der Waals surface area contributed by atoms with Crippen molar-refractivity contribution >= 4 is 12.6 Å². The summed E-state index contributed by atoms with van der Waals surface area (Å²) in [6, 6.07) is 1.44. The van der Waals surface area contributed by atoms with Gasteiger partial charge in [0.05, 0.1) is 11.8 Å². The number of nitrogens with one attached hydrogen (secondary N) is 1. The Morgan fingerprint density at radius 1 is 1.33 bits per heavy atom. The average molecular weight is 169 g/mol. The third-order valence-corrected chi connectivity index (χ3v) is 0.961. The van der Waals surface area contributed by atoms with Crippen LogP contribution in [-0.4, -0.2) is 26.7 Å². The molecule has 1 rings (SSSR count). The van der Waals surface area contributed by atoms with E-state index in [9.17, 15) is 9.59 Å². The first-order valence-electron chi connectivity index (χ1n) is 3.36. The Kier molecular flexibility index (Phi) is 5.55. The Morgan fingerprint density at radius 2 is 1.92 bits per heavy atom. The lowest BCUT2D eigenvalue weighted by molar-refractivity contribution is 0.107. The maximum absolute atomic E-state index is 10.0. The lowest BCUT2D eigenvalue weighted by Gasteiger charge is -1.77. The van der Waals surface area contributed by atoms with Gasteiger partial charge in [-0.25, -0.2) is 0 Å². The molecule has 12 heavy (non-hydrogen) atoms. The zero-order valence-electron chi connectivity index (χ0n) is 7.03. The van der Waals surface area contributed by atoms with Gasteiger partial charge in [-0.05, 0) is 20.2 Å². The third kappa shape index (κ3) is 3.12. The number of carbonyl (C=O) groups excluding carboxylic acids is 2. The molecule has 0 saturated carbocycles. The average Bonchev–Trinajstić information content (AvgIpc) is 2.52. The van der Waals surface area contributed by atoms with Gasteiger partial charge >= 0.3 is 0 Å². The Morgan fingerprint density at radius 3 is 2.25 bits per heavy atom. The summed E-state index contributed by atoms with van der Waals surface area (Å²) in [5, 5.41) is 2.75. The van der Waals surface area contributed by atoms with Gasteiger partial charge in [0.25, 0.3) is 0 Å². The van der Waals surface area contributed by atoms with Crippen molar-refractivity contribution in [2.75, 3.05) is 14.1 Å². The summed E-state index contributed by atoms with van der Waals surface area (Å²) in [5.41, 5.74) is 0.296. The number of carbonyl (C=O) groups is 2. The van der Waals surface area contributed by atoms with Crippen molar-refractivity contribution in [1.82, 2.24) is 5.32 Å². The second-order valence-corrected chi connectivity index (χ2v) is 1.98. The van der Waals surface area contributed by atoms with Gasteiger partial charge in [-0.2, -0.15) is 0 Å². The largest absolute Gasteiger partial charge is 0.461 e. The van der Waals surface area contributed by atoms with Gasteiger partial charge in [0.2, 0.25) is 0 Å². The lowest BCUT2D eigenvalue weighted by Crippen LogP contribution is -1.89. The predicted octanol–water partition coefficient (Wildman–Crippen LogP) is 0.740. The highest BCUT2D eigenvalue weighted by molar-refractivity contribution is 5.87. The summed E-state index contributed by atoms with van der Waals surface area (Å²) in [4.78, 5) is 20.0. The van der Waals surface area contributed by atoms with E-state index in [1.165, 1.54) is 12.3 Å². The fourth-order valence-electron chi connectivity index (χ4n) is 0.524. The predicted molar refractivity (Wildman–Crippen MR) is 44.5 cm³/mol. The molecule has 1 N–H and O–H groups in total. The van der Waals surface area contributed by atoms with E-state index in [1.807, 2.05) is 14.1 Å². The van der Waals surface area contributed by atoms with E-state index >= 15 is 0 Å². The molecule has 0 atom stereocenters. The molecule has 0 saturated heterocycles. The molecule has 0 amide bonds. The first-order valence-corrected chi connectivity index (χ1v) is 3.36. The molecule has 0 aliphatic carbocycles. The Balaban J connectivity index is 0.000000354. The van der Waals surface area contributed by atoms with Crippen LogP contribution in [0, 0.1) is 0 Å². The highest BCUT2D eigenvalue weighted by Gasteiger charge is 2.00. The van der Waals surface area contributed by atoms with Gasteiger partial charge in [0, 0.05) is 0 Å². The van der Waals surface area contributed by atoms with Gasteiger partial charge in [-0.15, -0.1) is 0 Å². The van der Waals surface area contributed by atoms with Crippen molar-refractivity contribution < 1.29 is 14.0 Å². The van der Waals surface area contributed by atoms with Crippen molar-refractivity contribution in [2.24, 2.45) is 0 Å². The summed E-state index contributed by atoms with van der Waals surface area (Å²) in [5.74, 6) is 0.0880. The molecule has 0 unspecified atom stereocenters. The molecule has 0 radical (unpaired) electrons. The summed E-state index contributed by atoms with van der Waals surface area (Å²) in [6.45, 7) is 0. The number of hydrogen-bond acceptors (Lipinski definition) is 4. The van der Waals surface area contributed by atoms with E-state index in [1.54, 1.807) is 0 Å². The van der Waals surface area contributed by atoms with Crippen LogP contribution < -0.4 is 5.32 Å². The maximum atomic E-state index is 10.0. The van der Waals surface area contributed by atoms with Crippen molar-refractivity contribution in [2.45, 2.75) is 0 Å². The van der Waals surface area contributed by atoms with Crippen LogP contribution in [0.25, 0.3) is 0 Å². The number of hydrogen-bond donors (Lipinski definition) is 1. The zero-order valence-corrected chi connectivity index (χ0v) is 7.03. The minimum Gasteiger partial charge on any atom is -0.461 e. The number of furan rings is 1. The van der Waals surface area contributed by atoms with Gasteiger partial charge in [0.1, 0.15) is 0 Å². The summed E-state index contributed by atoms with van der Waals surface area (Å²) >= 11 is 0. The standard InChI is InChI=1S/C6H4O3.C2H7N/c7-3-5-1-2-9-6(5)4-8;1-3-2/h1-4H;3H,1-2H3. The first-order chi connectivity index (χ1) is 5.79. The lowest BCUT2D eigenvalue weighted by atomic mass is 10.3. The third-order valence-electron chi connectivity index (χ3n) is 0.961. The summed E-state index contributed by atoms with van der Waals surface area (Å²) in [6.07, 6.45) is 2.38. The fourth-order valence-corrected chi connectivity index (χ4v) is 0.524. The van der Waals surface area contributed by atoms with Crippen LogP contribution in [0.5, 0.6) is 0 Å². The Hall–Kier alpha value is -1.42. The van der Waals surface area contributed by atoms with E-state index in [-0.39, 0.29) is 5.76 Å². The van der Waals surface area contributed by atoms with Crippen LogP contribution in [0.2, 0.25) is 0 Å².